The molecule has 3 heterocycles. The van der Waals surface area contributed by atoms with Crippen LogP contribution in [0.3, 0.4) is 0 Å². The summed E-state index contributed by atoms with van der Waals surface area (Å²) < 4.78 is 0. The Morgan fingerprint density at radius 3 is 3.05 bits per heavy atom. The lowest BCUT2D eigenvalue weighted by molar-refractivity contribution is -0.135. The summed E-state index contributed by atoms with van der Waals surface area (Å²) in [6.45, 7) is 2.78. The molecule has 1 aromatic carbocycles. The van der Waals surface area contributed by atoms with Crippen LogP contribution in [0.5, 0.6) is 0 Å². The number of hydrogen-bond donors (Lipinski definition) is 2. The number of likely N-dealkylation sites (tertiary alicyclic amines) is 1. The molecule has 2 amide bonds. The SMILES string of the molecule is O=C(C1CC12C(=O)Nc1ccccc12)N1CC[C@@H]2CNC[C@@H]21. The third kappa shape index (κ3) is 1.42. The van der Waals surface area contributed by atoms with Crippen molar-refractivity contribution >= 4 is 17.5 Å². The van der Waals surface area contributed by atoms with E-state index in [0.29, 0.717) is 18.4 Å². The Morgan fingerprint density at radius 1 is 1.27 bits per heavy atom. The summed E-state index contributed by atoms with van der Waals surface area (Å²) >= 11 is 0. The van der Waals surface area contributed by atoms with E-state index in [0.717, 1.165) is 37.3 Å². The number of nitrogens with one attached hydrogen (secondary N) is 2. The monoisotopic (exact) mass is 297 g/mol. The van der Waals surface area contributed by atoms with E-state index in [2.05, 4.69) is 10.6 Å². The highest BCUT2D eigenvalue weighted by Gasteiger charge is 2.68. The van der Waals surface area contributed by atoms with Gasteiger partial charge in [0.05, 0.1) is 11.3 Å². The van der Waals surface area contributed by atoms with Gasteiger partial charge in [-0.2, -0.15) is 0 Å². The van der Waals surface area contributed by atoms with Crippen LogP contribution in [0.25, 0.3) is 0 Å². The second kappa shape index (κ2) is 4.10. The number of rotatable bonds is 1. The van der Waals surface area contributed by atoms with Gasteiger partial charge in [0.2, 0.25) is 11.8 Å². The Kier molecular flexibility index (Phi) is 2.36. The van der Waals surface area contributed by atoms with E-state index < -0.39 is 5.41 Å². The van der Waals surface area contributed by atoms with E-state index in [4.69, 9.17) is 0 Å². The van der Waals surface area contributed by atoms with Crippen molar-refractivity contribution in [3.05, 3.63) is 29.8 Å². The van der Waals surface area contributed by atoms with Crippen molar-refractivity contribution in [2.24, 2.45) is 11.8 Å². The van der Waals surface area contributed by atoms with Crippen LogP contribution >= 0.6 is 0 Å². The number of hydrogen-bond acceptors (Lipinski definition) is 3. The number of benzene rings is 1. The highest BCUT2D eigenvalue weighted by molar-refractivity contribution is 6.12. The first kappa shape index (κ1) is 12.6. The summed E-state index contributed by atoms with van der Waals surface area (Å²) in [6, 6.07) is 8.13. The maximum Gasteiger partial charge on any atom is 0.235 e. The second-order valence-electron chi connectivity index (χ2n) is 7.03. The largest absolute Gasteiger partial charge is 0.338 e. The molecule has 4 aliphatic rings. The summed E-state index contributed by atoms with van der Waals surface area (Å²) in [4.78, 5) is 27.5. The third-order valence-electron chi connectivity index (χ3n) is 6.05. The average molecular weight is 297 g/mol. The lowest BCUT2D eigenvalue weighted by Gasteiger charge is -2.24. The second-order valence-corrected chi connectivity index (χ2v) is 7.03. The molecule has 4 atom stereocenters. The number of nitrogens with zero attached hydrogens (tertiary/aromatic N) is 1. The van der Waals surface area contributed by atoms with Crippen LogP contribution < -0.4 is 10.6 Å². The van der Waals surface area contributed by atoms with Crippen LogP contribution in [0, 0.1) is 11.8 Å². The summed E-state index contributed by atoms with van der Waals surface area (Å²) in [5.74, 6) is 0.620. The zero-order chi connectivity index (χ0) is 14.9. The van der Waals surface area contributed by atoms with Gasteiger partial charge >= 0.3 is 0 Å². The molecule has 5 rings (SSSR count). The summed E-state index contributed by atoms with van der Waals surface area (Å²) in [5.41, 5.74) is 1.31. The first-order valence-electron chi connectivity index (χ1n) is 8.14. The van der Waals surface area contributed by atoms with E-state index in [1.165, 1.54) is 0 Å². The van der Waals surface area contributed by atoms with E-state index in [-0.39, 0.29) is 17.7 Å². The Hall–Kier alpha value is -1.88. The molecule has 1 aliphatic carbocycles. The molecule has 1 saturated carbocycles. The summed E-state index contributed by atoms with van der Waals surface area (Å²) in [6.07, 6.45) is 1.75. The molecule has 1 aromatic rings. The minimum Gasteiger partial charge on any atom is -0.338 e. The molecule has 5 heteroatoms. The van der Waals surface area contributed by atoms with Gasteiger partial charge in [-0.15, -0.1) is 0 Å². The number of amides is 2. The van der Waals surface area contributed by atoms with Gasteiger partial charge in [-0.05, 0) is 30.4 Å². The van der Waals surface area contributed by atoms with Crippen molar-refractivity contribution in [3.63, 3.8) is 0 Å². The van der Waals surface area contributed by atoms with Crippen LogP contribution in [0.1, 0.15) is 18.4 Å². The van der Waals surface area contributed by atoms with Crippen molar-refractivity contribution in [1.29, 1.82) is 0 Å². The molecule has 0 bridgehead atoms. The smallest absolute Gasteiger partial charge is 0.235 e. The number of para-hydroxylation sites is 1. The predicted octanol–water partition coefficient (Wildman–Crippen LogP) is 0.717. The molecule has 0 radical (unpaired) electrons. The molecular formula is C17H19N3O2. The molecule has 2 unspecified atom stereocenters. The van der Waals surface area contributed by atoms with Crippen molar-refractivity contribution in [3.8, 4) is 0 Å². The zero-order valence-electron chi connectivity index (χ0n) is 12.3. The molecule has 22 heavy (non-hydrogen) atoms. The third-order valence-corrected chi connectivity index (χ3v) is 6.05. The van der Waals surface area contributed by atoms with Crippen LogP contribution in [-0.2, 0) is 15.0 Å². The van der Waals surface area contributed by atoms with Crippen molar-refractivity contribution < 1.29 is 9.59 Å². The van der Waals surface area contributed by atoms with Gasteiger partial charge in [-0.25, -0.2) is 0 Å². The first-order chi connectivity index (χ1) is 10.7. The minimum absolute atomic E-state index is 0.00680. The fraction of sp³-hybridized carbons (Fsp3) is 0.529. The summed E-state index contributed by atoms with van der Waals surface area (Å²) in [5, 5.41) is 6.33. The lowest BCUT2D eigenvalue weighted by Crippen LogP contribution is -2.41. The number of carbonyl (C=O) groups excluding carboxylic acids is 2. The van der Waals surface area contributed by atoms with Gasteiger partial charge in [0.25, 0.3) is 0 Å². The number of fused-ring (bicyclic) bond motifs is 3. The molecule has 5 nitrogen and oxygen atoms in total. The maximum atomic E-state index is 13.0. The quantitative estimate of drug-likeness (QED) is 0.803. The Morgan fingerprint density at radius 2 is 2.14 bits per heavy atom. The molecule has 114 valence electrons. The van der Waals surface area contributed by atoms with Gasteiger partial charge in [-0.1, -0.05) is 18.2 Å². The molecular weight excluding hydrogens is 278 g/mol. The Balaban J connectivity index is 1.45. The number of carbonyl (C=O) groups is 2. The zero-order valence-corrected chi connectivity index (χ0v) is 12.3. The van der Waals surface area contributed by atoms with Crippen LogP contribution in [-0.4, -0.2) is 42.4 Å². The highest BCUT2D eigenvalue weighted by atomic mass is 16.2. The van der Waals surface area contributed by atoms with E-state index in [9.17, 15) is 9.59 Å². The average Bonchev–Trinajstić information content (AvgIpc) is 2.78. The van der Waals surface area contributed by atoms with Gasteiger partial charge in [0, 0.05) is 31.4 Å². The fourth-order valence-electron chi connectivity index (χ4n) is 4.77. The highest BCUT2D eigenvalue weighted by Crippen LogP contribution is 2.60. The van der Waals surface area contributed by atoms with Crippen LogP contribution in [0.15, 0.2) is 24.3 Å². The van der Waals surface area contributed by atoms with Crippen LogP contribution in [0.4, 0.5) is 5.69 Å². The fourth-order valence-corrected chi connectivity index (χ4v) is 4.77. The van der Waals surface area contributed by atoms with Gasteiger partial charge in [0.1, 0.15) is 0 Å². The summed E-state index contributed by atoms with van der Waals surface area (Å²) in [7, 11) is 0. The van der Waals surface area contributed by atoms with E-state index >= 15 is 0 Å². The van der Waals surface area contributed by atoms with E-state index in [1.54, 1.807) is 0 Å². The van der Waals surface area contributed by atoms with E-state index in [1.807, 2.05) is 29.2 Å². The van der Waals surface area contributed by atoms with Crippen molar-refractivity contribution in [1.82, 2.24) is 10.2 Å². The topological polar surface area (TPSA) is 61.4 Å². The van der Waals surface area contributed by atoms with Crippen molar-refractivity contribution in [2.75, 3.05) is 25.0 Å². The van der Waals surface area contributed by atoms with Crippen LogP contribution in [0.2, 0.25) is 0 Å². The van der Waals surface area contributed by atoms with Gasteiger partial charge in [0.15, 0.2) is 0 Å². The number of anilines is 1. The molecule has 3 aliphatic heterocycles. The molecule has 2 saturated heterocycles. The Bertz CT molecular complexity index is 688. The minimum atomic E-state index is -0.586. The molecule has 2 N–H and O–H groups in total. The van der Waals surface area contributed by atoms with Crippen molar-refractivity contribution in [2.45, 2.75) is 24.3 Å². The maximum absolute atomic E-state index is 13.0. The molecule has 0 aromatic heterocycles. The normalized spacial score (nSPS) is 38.1. The standard InChI is InChI=1S/C17H19N3O2/c21-15(20-6-5-10-8-18-9-14(10)20)12-7-17(12)11-3-1-2-4-13(11)19-16(17)22/h1-4,10,12,14,18H,5-9H2,(H,19,22)/t10-,12?,14+,17?/m1/s1. The predicted molar refractivity (Wildman–Crippen MR) is 81.3 cm³/mol. The molecule has 3 fully saturated rings. The van der Waals surface area contributed by atoms with Gasteiger partial charge < -0.3 is 15.5 Å². The molecule has 1 spiro atoms. The Labute approximate surface area is 129 Å². The van der Waals surface area contributed by atoms with Gasteiger partial charge in [-0.3, -0.25) is 9.59 Å². The lowest BCUT2D eigenvalue weighted by atomic mass is 9.94. The first-order valence-corrected chi connectivity index (χ1v) is 8.14.